The Labute approximate surface area is 292 Å². The highest BCUT2D eigenvalue weighted by Crippen LogP contribution is 2.46. The van der Waals surface area contributed by atoms with Crippen molar-refractivity contribution in [2.75, 3.05) is 0 Å². The Hall–Kier alpha value is -6.22. The Morgan fingerprint density at radius 3 is 1.54 bits per heavy atom. The van der Waals surface area contributed by atoms with Crippen molar-refractivity contribution in [3.05, 3.63) is 170 Å². The first-order valence-electron chi connectivity index (χ1n) is 17.1. The average molecular weight is 653 g/mol. The van der Waals surface area contributed by atoms with Gasteiger partial charge >= 0.3 is 0 Å². The molecule has 50 heavy (non-hydrogen) atoms. The highest BCUT2D eigenvalue weighted by Gasteiger charge is 2.18. The molecule has 0 radical (unpaired) electrons. The van der Waals surface area contributed by atoms with E-state index in [0.717, 1.165) is 16.6 Å². The maximum absolute atomic E-state index is 6.25. The molecule has 2 aromatic heterocycles. The Kier molecular flexibility index (Phi) is 5.89. The number of hydrogen-bond acceptors (Lipinski definition) is 2. The van der Waals surface area contributed by atoms with Gasteiger partial charge in [0.1, 0.15) is 11.2 Å². The lowest BCUT2D eigenvalue weighted by Gasteiger charge is -2.18. The summed E-state index contributed by atoms with van der Waals surface area (Å²) in [7, 11) is 0. The lowest BCUT2D eigenvalue weighted by Crippen LogP contribution is -1.91. The molecule has 0 fully saturated rings. The second kappa shape index (κ2) is 10.6. The Morgan fingerprint density at radius 1 is 0.300 bits per heavy atom. The largest absolute Gasteiger partial charge is 0.456 e. The number of benzene rings is 9. The molecule has 0 amide bonds. The third kappa shape index (κ3) is 4.13. The van der Waals surface area contributed by atoms with Gasteiger partial charge in [-0.3, -0.25) is 0 Å². The Bertz CT molecular complexity index is 3090. The van der Waals surface area contributed by atoms with Crippen molar-refractivity contribution in [3.63, 3.8) is 0 Å². The van der Waals surface area contributed by atoms with Gasteiger partial charge in [0.25, 0.3) is 0 Å². The first-order valence-corrected chi connectivity index (χ1v) is 17.9. The summed E-state index contributed by atoms with van der Waals surface area (Å²) in [5.41, 5.74) is 9.40. The second-order valence-corrected chi connectivity index (χ2v) is 14.3. The van der Waals surface area contributed by atoms with E-state index < -0.39 is 0 Å². The summed E-state index contributed by atoms with van der Waals surface area (Å²) in [6.45, 7) is 0. The molecule has 9 aromatic carbocycles. The van der Waals surface area contributed by atoms with Crippen LogP contribution in [0, 0.1) is 0 Å². The van der Waals surface area contributed by atoms with Gasteiger partial charge in [0.15, 0.2) is 0 Å². The van der Waals surface area contributed by atoms with Gasteiger partial charge in [0.05, 0.1) is 0 Å². The molecule has 2 heterocycles. The van der Waals surface area contributed by atoms with E-state index in [1.54, 1.807) is 0 Å². The van der Waals surface area contributed by atoms with E-state index in [9.17, 15) is 0 Å². The summed E-state index contributed by atoms with van der Waals surface area (Å²) in [4.78, 5) is 0. The normalized spacial score (nSPS) is 12.0. The summed E-state index contributed by atoms with van der Waals surface area (Å²) in [6, 6.07) is 62.2. The van der Waals surface area contributed by atoms with Gasteiger partial charge in [-0.2, -0.15) is 0 Å². The first-order chi connectivity index (χ1) is 24.8. The maximum Gasteiger partial charge on any atom is 0.136 e. The molecule has 2 heteroatoms. The van der Waals surface area contributed by atoms with Crippen molar-refractivity contribution in [1.29, 1.82) is 0 Å². The molecule has 0 spiro atoms. The zero-order valence-electron chi connectivity index (χ0n) is 27.0. The molecule has 11 aromatic rings. The molecule has 0 aliphatic rings. The summed E-state index contributed by atoms with van der Waals surface area (Å²) in [6.07, 6.45) is 0. The minimum absolute atomic E-state index is 0.937. The van der Waals surface area contributed by atoms with Crippen molar-refractivity contribution in [2.45, 2.75) is 0 Å². The third-order valence-electron chi connectivity index (χ3n) is 10.4. The maximum atomic E-state index is 6.25. The predicted molar refractivity (Wildman–Crippen MR) is 215 cm³/mol. The molecule has 0 saturated carbocycles. The van der Waals surface area contributed by atoms with E-state index in [0.29, 0.717) is 0 Å². The minimum atomic E-state index is 0.937. The molecule has 0 aliphatic carbocycles. The van der Waals surface area contributed by atoms with Crippen LogP contribution in [0.3, 0.4) is 0 Å². The van der Waals surface area contributed by atoms with Gasteiger partial charge in [-0.25, -0.2) is 0 Å². The Balaban J connectivity index is 1.13. The van der Waals surface area contributed by atoms with E-state index in [4.69, 9.17) is 4.42 Å². The van der Waals surface area contributed by atoms with Crippen LogP contribution >= 0.6 is 11.3 Å². The predicted octanol–water partition coefficient (Wildman–Crippen LogP) is 14.4. The second-order valence-electron chi connectivity index (χ2n) is 13.2. The Morgan fingerprint density at radius 2 is 0.840 bits per heavy atom. The quantitative estimate of drug-likeness (QED) is 0.173. The summed E-state index contributed by atoms with van der Waals surface area (Å²) in [5, 5.41) is 12.5. The molecule has 0 saturated heterocycles. The average Bonchev–Trinajstić information content (AvgIpc) is 3.72. The van der Waals surface area contributed by atoms with Crippen LogP contribution in [0.25, 0.3) is 108 Å². The van der Waals surface area contributed by atoms with Crippen molar-refractivity contribution in [3.8, 4) is 33.4 Å². The lowest BCUT2D eigenvalue weighted by molar-refractivity contribution is 0.669. The zero-order chi connectivity index (χ0) is 32.8. The van der Waals surface area contributed by atoms with Crippen LogP contribution in [0.1, 0.15) is 0 Å². The zero-order valence-corrected chi connectivity index (χ0v) is 27.8. The molecule has 0 atom stereocenters. The molecule has 0 bridgehead atoms. The van der Waals surface area contributed by atoms with Crippen molar-refractivity contribution >= 4 is 85.8 Å². The van der Waals surface area contributed by atoms with Crippen LogP contribution in [-0.2, 0) is 0 Å². The first kappa shape index (κ1) is 27.7. The molecule has 11 rings (SSSR count). The van der Waals surface area contributed by atoms with Crippen LogP contribution in [0.5, 0.6) is 0 Å². The molecule has 0 N–H and O–H groups in total. The fourth-order valence-electron chi connectivity index (χ4n) is 8.11. The van der Waals surface area contributed by atoms with E-state index in [1.807, 2.05) is 17.4 Å². The number of hydrogen-bond donors (Lipinski definition) is 0. The van der Waals surface area contributed by atoms with E-state index in [1.165, 1.54) is 91.3 Å². The van der Waals surface area contributed by atoms with E-state index in [2.05, 4.69) is 164 Å². The van der Waals surface area contributed by atoms with Crippen molar-refractivity contribution in [1.82, 2.24) is 0 Å². The van der Waals surface area contributed by atoms with E-state index >= 15 is 0 Å². The van der Waals surface area contributed by atoms with Gasteiger partial charge < -0.3 is 4.42 Å². The molecular formula is C48H28OS. The van der Waals surface area contributed by atoms with Crippen LogP contribution < -0.4 is 0 Å². The van der Waals surface area contributed by atoms with Crippen LogP contribution in [-0.4, -0.2) is 0 Å². The van der Waals surface area contributed by atoms with Crippen molar-refractivity contribution in [2.24, 2.45) is 0 Å². The highest BCUT2D eigenvalue weighted by molar-refractivity contribution is 7.25. The van der Waals surface area contributed by atoms with E-state index in [-0.39, 0.29) is 0 Å². The van der Waals surface area contributed by atoms with Gasteiger partial charge in [-0.1, -0.05) is 127 Å². The molecule has 0 unspecified atom stereocenters. The lowest BCUT2D eigenvalue weighted by atomic mass is 9.85. The number of para-hydroxylation sites is 1. The smallest absolute Gasteiger partial charge is 0.136 e. The van der Waals surface area contributed by atoms with Gasteiger partial charge in [0, 0.05) is 30.9 Å². The summed E-state index contributed by atoms with van der Waals surface area (Å²) in [5.74, 6) is 0. The fourth-order valence-corrected chi connectivity index (χ4v) is 9.21. The fraction of sp³-hybridized carbons (Fsp3) is 0. The third-order valence-corrected chi connectivity index (χ3v) is 11.6. The topological polar surface area (TPSA) is 13.1 Å². The number of fused-ring (bicyclic) bond motifs is 9. The van der Waals surface area contributed by atoms with Gasteiger partial charge in [-0.15, -0.1) is 11.3 Å². The van der Waals surface area contributed by atoms with Crippen LogP contribution in [0.4, 0.5) is 0 Å². The molecule has 232 valence electrons. The van der Waals surface area contributed by atoms with Gasteiger partial charge in [-0.05, 0) is 108 Å². The van der Waals surface area contributed by atoms with Crippen LogP contribution in [0.15, 0.2) is 174 Å². The SMILES string of the molecule is c1ccc(-c2ccc3cc(-c4c5ccccc5c(-c5ccc6sc7cc8oc9ccccc9c8cc7c6c5)c5ccccc45)ccc3c2)cc1. The molecule has 1 nitrogen and oxygen atoms in total. The summed E-state index contributed by atoms with van der Waals surface area (Å²) >= 11 is 1.84. The standard InChI is InChI=1S/C48H28OS/c1-2-10-29(11-3-1)30-18-19-32-25-33(21-20-31(32)24-30)47-36-13-4-6-15-38(36)48(39-16-7-5-14-37(39)47)34-22-23-45-41(26-34)42-27-40-35-12-8-9-17-43(35)49-44(40)28-46(42)50-45/h1-28H. The van der Waals surface area contributed by atoms with Gasteiger partial charge in [0.2, 0.25) is 0 Å². The molecule has 0 aliphatic heterocycles. The number of thiophene rings is 1. The van der Waals surface area contributed by atoms with Crippen molar-refractivity contribution < 1.29 is 4.42 Å². The number of furan rings is 1. The van der Waals surface area contributed by atoms with Crippen LogP contribution in [0.2, 0.25) is 0 Å². The monoisotopic (exact) mass is 652 g/mol. The minimum Gasteiger partial charge on any atom is -0.456 e. The highest BCUT2D eigenvalue weighted by atomic mass is 32.1. The summed E-state index contributed by atoms with van der Waals surface area (Å²) < 4.78 is 8.79. The molecular weight excluding hydrogens is 625 g/mol. The number of rotatable bonds is 3.